The standard InChI is InChI=1S/C14H30N4O2/c1-11(2)8-15-13(16-9-12(19)18(5)6)17-10-14(3,4)20-7/h11H,8-10H2,1-7H3,(H2,15,16,17). The number of likely N-dealkylation sites (N-methyl/N-ethyl adjacent to an activating group) is 1. The lowest BCUT2D eigenvalue weighted by atomic mass is 10.1. The third-order valence-electron chi connectivity index (χ3n) is 2.78. The number of aliphatic imine (C=N–C) groups is 1. The van der Waals surface area contributed by atoms with Crippen molar-refractivity contribution in [2.45, 2.75) is 33.3 Å². The predicted octanol–water partition coefficient (Wildman–Crippen LogP) is 0.691. The van der Waals surface area contributed by atoms with Crippen LogP contribution in [-0.4, -0.2) is 63.2 Å². The molecule has 0 atom stereocenters. The Labute approximate surface area is 123 Å². The number of carbonyl (C=O) groups excluding carboxylic acids is 1. The molecule has 0 heterocycles. The molecule has 0 spiro atoms. The lowest BCUT2D eigenvalue weighted by Gasteiger charge is -2.25. The largest absolute Gasteiger partial charge is 0.377 e. The highest BCUT2D eigenvalue weighted by Gasteiger charge is 2.16. The summed E-state index contributed by atoms with van der Waals surface area (Å²) in [7, 11) is 5.12. The van der Waals surface area contributed by atoms with Crippen molar-refractivity contribution in [1.29, 1.82) is 0 Å². The summed E-state index contributed by atoms with van der Waals surface area (Å²) in [5.41, 5.74) is -0.286. The predicted molar refractivity (Wildman–Crippen MR) is 82.9 cm³/mol. The van der Waals surface area contributed by atoms with Gasteiger partial charge in [-0.3, -0.25) is 4.79 Å². The maximum absolute atomic E-state index is 11.6. The molecule has 0 unspecified atom stereocenters. The van der Waals surface area contributed by atoms with E-state index in [0.29, 0.717) is 18.4 Å². The van der Waals surface area contributed by atoms with Crippen LogP contribution in [0.25, 0.3) is 0 Å². The number of methoxy groups -OCH3 is 1. The lowest BCUT2D eigenvalue weighted by molar-refractivity contribution is -0.127. The number of carbonyl (C=O) groups is 1. The van der Waals surface area contributed by atoms with Crippen LogP contribution >= 0.6 is 0 Å². The van der Waals surface area contributed by atoms with Crippen LogP contribution in [0, 0.1) is 5.92 Å². The number of ether oxygens (including phenoxy) is 1. The van der Waals surface area contributed by atoms with Gasteiger partial charge in [0.05, 0.1) is 5.60 Å². The Morgan fingerprint density at radius 3 is 2.35 bits per heavy atom. The molecular formula is C14H30N4O2. The maximum atomic E-state index is 11.6. The van der Waals surface area contributed by atoms with E-state index >= 15 is 0 Å². The third kappa shape index (κ3) is 8.74. The van der Waals surface area contributed by atoms with E-state index in [1.165, 1.54) is 4.90 Å². The molecule has 0 aromatic heterocycles. The topological polar surface area (TPSA) is 66.0 Å². The molecule has 1 amide bonds. The fourth-order valence-electron chi connectivity index (χ4n) is 1.13. The molecule has 0 aromatic carbocycles. The molecule has 2 N–H and O–H groups in total. The van der Waals surface area contributed by atoms with Crippen molar-refractivity contribution >= 4 is 11.9 Å². The first-order chi connectivity index (χ1) is 9.18. The molecule has 20 heavy (non-hydrogen) atoms. The first kappa shape index (κ1) is 18.7. The van der Waals surface area contributed by atoms with E-state index in [1.54, 1.807) is 21.2 Å². The van der Waals surface area contributed by atoms with Gasteiger partial charge in [-0.15, -0.1) is 0 Å². The van der Waals surface area contributed by atoms with Gasteiger partial charge in [0.25, 0.3) is 0 Å². The van der Waals surface area contributed by atoms with Crippen LogP contribution in [0.3, 0.4) is 0 Å². The molecular weight excluding hydrogens is 256 g/mol. The molecule has 0 aromatic rings. The van der Waals surface area contributed by atoms with Gasteiger partial charge in [0.2, 0.25) is 5.91 Å². The minimum atomic E-state index is -0.286. The minimum absolute atomic E-state index is 0.0263. The molecule has 0 saturated heterocycles. The maximum Gasteiger partial charge on any atom is 0.243 e. The number of rotatable bonds is 7. The molecule has 6 nitrogen and oxygen atoms in total. The van der Waals surface area contributed by atoms with Gasteiger partial charge in [0.15, 0.2) is 5.96 Å². The highest BCUT2D eigenvalue weighted by molar-refractivity contribution is 5.84. The van der Waals surface area contributed by atoms with Gasteiger partial charge in [-0.2, -0.15) is 0 Å². The first-order valence-electron chi connectivity index (χ1n) is 6.95. The zero-order chi connectivity index (χ0) is 15.8. The van der Waals surface area contributed by atoms with Crippen LogP contribution in [0.4, 0.5) is 0 Å². The minimum Gasteiger partial charge on any atom is -0.377 e. The van der Waals surface area contributed by atoms with Gasteiger partial charge in [0.1, 0.15) is 6.54 Å². The summed E-state index contributed by atoms with van der Waals surface area (Å²) in [4.78, 5) is 17.4. The van der Waals surface area contributed by atoms with Crippen molar-refractivity contribution in [2.24, 2.45) is 10.9 Å². The first-order valence-corrected chi connectivity index (χ1v) is 6.95. The van der Waals surface area contributed by atoms with Crippen molar-refractivity contribution in [3.63, 3.8) is 0 Å². The fourth-order valence-corrected chi connectivity index (χ4v) is 1.13. The summed E-state index contributed by atoms with van der Waals surface area (Å²) in [6, 6.07) is 0. The molecule has 0 fully saturated rings. The van der Waals surface area contributed by atoms with Crippen LogP contribution in [0.2, 0.25) is 0 Å². The van der Waals surface area contributed by atoms with E-state index < -0.39 is 0 Å². The second-order valence-corrected chi connectivity index (χ2v) is 6.05. The van der Waals surface area contributed by atoms with Gasteiger partial charge in [0, 0.05) is 34.3 Å². The number of nitrogens with zero attached hydrogens (tertiary/aromatic N) is 2. The van der Waals surface area contributed by atoms with E-state index in [4.69, 9.17) is 4.74 Å². The third-order valence-corrected chi connectivity index (χ3v) is 2.78. The van der Waals surface area contributed by atoms with Gasteiger partial charge >= 0.3 is 0 Å². The highest BCUT2D eigenvalue weighted by Crippen LogP contribution is 2.04. The molecule has 0 bridgehead atoms. The van der Waals surface area contributed by atoms with E-state index in [0.717, 1.165) is 6.54 Å². The Bertz CT molecular complexity index is 325. The van der Waals surface area contributed by atoms with Crippen molar-refractivity contribution in [2.75, 3.05) is 40.8 Å². The smallest absolute Gasteiger partial charge is 0.243 e. The molecule has 0 aliphatic rings. The second-order valence-electron chi connectivity index (χ2n) is 6.05. The average Bonchev–Trinajstić information content (AvgIpc) is 2.37. The molecule has 0 aliphatic heterocycles. The van der Waals surface area contributed by atoms with Crippen LogP contribution in [0.5, 0.6) is 0 Å². The Balaban J connectivity index is 4.55. The SMILES string of the molecule is COC(C)(C)CNC(=NCC(=O)N(C)C)NCC(C)C. The molecule has 0 aliphatic carbocycles. The number of hydrogen-bond donors (Lipinski definition) is 2. The molecule has 0 rings (SSSR count). The molecule has 0 saturated carbocycles. The Hall–Kier alpha value is -1.30. The highest BCUT2D eigenvalue weighted by atomic mass is 16.5. The van der Waals surface area contributed by atoms with Crippen LogP contribution in [-0.2, 0) is 9.53 Å². The summed E-state index contributed by atoms with van der Waals surface area (Å²) < 4.78 is 5.36. The van der Waals surface area contributed by atoms with Gasteiger partial charge in [-0.1, -0.05) is 13.8 Å². The number of amides is 1. The van der Waals surface area contributed by atoms with Crippen LogP contribution < -0.4 is 10.6 Å². The summed E-state index contributed by atoms with van der Waals surface area (Å²) in [6.07, 6.45) is 0. The van der Waals surface area contributed by atoms with Crippen molar-refractivity contribution in [3.05, 3.63) is 0 Å². The summed E-state index contributed by atoms with van der Waals surface area (Å²) >= 11 is 0. The normalized spacial score (nSPS) is 12.5. The van der Waals surface area contributed by atoms with Crippen LogP contribution in [0.1, 0.15) is 27.7 Å². The van der Waals surface area contributed by atoms with E-state index in [2.05, 4.69) is 29.5 Å². The van der Waals surface area contributed by atoms with Crippen LogP contribution in [0.15, 0.2) is 4.99 Å². The Morgan fingerprint density at radius 1 is 1.30 bits per heavy atom. The lowest BCUT2D eigenvalue weighted by Crippen LogP contribution is -2.46. The second kappa shape index (κ2) is 8.79. The molecule has 0 radical (unpaired) electrons. The number of guanidine groups is 1. The van der Waals surface area contributed by atoms with Gasteiger partial charge < -0.3 is 20.3 Å². The van der Waals surface area contributed by atoms with Crippen molar-refractivity contribution < 1.29 is 9.53 Å². The number of hydrogen-bond acceptors (Lipinski definition) is 3. The Morgan fingerprint density at radius 2 is 1.90 bits per heavy atom. The summed E-state index contributed by atoms with van der Waals surface area (Å²) in [5.74, 6) is 1.11. The Kier molecular flexibility index (Phi) is 8.22. The van der Waals surface area contributed by atoms with Crippen molar-refractivity contribution in [1.82, 2.24) is 15.5 Å². The van der Waals surface area contributed by atoms with Gasteiger partial charge in [-0.25, -0.2) is 4.99 Å². The van der Waals surface area contributed by atoms with E-state index in [1.807, 2.05) is 13.8 Å². The quantitative estimate of drug-likeness (QED) is 0.534. The van der Waals surface area contributed by atoms with Crippen molar-refractivity contribution in [3.8, 4) is 0 Å². The zero-order valence-electron chi connectivity index (χ0n) is 13.9. The summed E-state index contributed by atoms with van der Waals surface area (Å²) in [5, 5.41) is 6.43. The zero-order valence-corrected chi connectivity index (χ0v) is 13.9. The van der Waals surface area contributed by atoms with E-state index in [9.17, 15) is 4.79 Å². The van der Waals surface area contributed by atoms with E-state index in [-0.39, 0.29) is 18.1 Å². The number of nitrogens with one attached hydrogen (secondary N) is 2. The fraction of sp³-hybridized carbons (Fsp3) is 0.857. The average molecular weight is 286 g/mol. The molecule has 6 heteroatoms. The summed E-state index contributed by atoms with van der Waals surface area (Å²) in [6.45, 7) is 9.77. The van der Waals surface area contributed by atoms with Gasteiger partial charge in [-0.05, 0) is 19.8 Å². The molecule has 118 valence electrons. The monoisotopic (exact) mass is 286 g/mol.